The maximum atomic E-state index is 10.4. The molecular formula is C28H61NO3S. The third-order valence-corrected chi connectivity index (χ3v) is 8.22. The zero-order valence-electron chi connectivity index (χ0n) is 23.3. The summed E-state index contributed by atoms with van der Waals surface area (Å²) < 4.78 is 32.6. The van der Waals surface area contributed by atoms with Gasteiger partial charge in [0.05, 0.1) is 36.3 Å². The van der Waals surface area contributed by atoms with Crippen molar-refractivity contribution in [2.75, 3.05) is 31.9 Å². The van der Waals surface area contributed by atoms with E-state index in [2.05, 4.69) is 34.6 Å². The quantitative estimate of drug-likeness (QED) is 0.0818. The molecule has 5 heteroatoms. The van der Waals surface area contributed by atoms with Crippen molar-refractivity contribution in [2.24, 2.45) is 0 Å². The van der Waals surface area contributed by atoms with Crippen LogP contribution in [0.2, 0.25) is 0 Å². The molecule has 0 aromatic carbocycles. The highest BCUT2D eigenvalue weighted by Gasteiger charge is 2.16. The van der Waals surface area contributed by atoms with Crippen LogP contribution in [0.5, 0.6) is 0 Å². The lowest BCUT2D eigenvalue weighted by molar-refractivity contribution is -0.921. The molecule has 0 amide bonds. The largest absolute Gasteiger partial charge is 0.748 e. The van der Waals surface area contributed by atoms with Gasteiger partial charge < -0.3 is 9.04 Å². The lowest BCUT2D eigenvalue weighted by Gasteiger charge is -2.34. The molecule has 0 aliphatic heterocycles. The molecule has 0 bridgehead atoms. The van der Waals surface area contributed by atoms with E-state index < -0.39 is 10.1 Å². The summed E-state index contributed by atoms with van der Waals surface area (Å²) in [6.07, 6.45) is 23.0. The van der Waals surface area contributed by atoms with Gasteiger partial charge in [-0.2, -0.15) is 0 Å². The van der Waals surface area contributed by atoms with Crippen LogP contribution in [0, 0.1) is 0 Å². The second kappa shape index (κ2) is 25.0. The molecule has 0 radical (unpaired) electrons. The molecule has 0 aliphatic carbocycles. The van der Waals surface area contributed by atoms with Crippen molar-refractivity contribution < 1.29 is 17.5 Å². The van der Waals surface area contributed by atoms with Crippen LogP contribution in [0.25, 0.3) is 0 Å². The fourth-order valence-corrected chi connectivity index (χ4v) is 5.08. The molecule has 4 nitrogen and oxygen atoms in total. The SMILES string of the molecule is CCCCCCCCCCCCCCCCCCCCS(=O)(=O)[O-].CC[N+](CC)(CC)CC. The van der Waals surface area contributed by atoms with Crippen LogP contribution in [-0.4, -0.2) is 49.4 Å². The monoisotopic (exact) mass is 491 g/mol. The average molecular weight is 492 g/mol. The molecule has 0 aromatic rings. The van der Waals surface area contributed by atoms with Crippen LogP contribution in [0.1, 0.15) is 150 Å². The zero-order valence-corrected chi connectivity index (χ0v) is 24.2. The van der Waals surface area contributed by atoms with Gasteiger partial charge in [-0.05, 0) is 34.1 Å². The molecule has 33 heavy (non-hydrogen) atoms. The maximum absolute atomic E-state index is 10.4. The summed E-state index contributed by atoms with van der Waals surface area (Å²) in [5, 5.41) is 0. The molecule has 0 aromatic heterocycles. The van der Waals surface area contributed by atoms with E-state index in [9.17, 15) is 13.0 Å². The Hall–Kier alpha value is -0.130. The van der Waals surface area contributed by atoms with Gasteiger partial charge >= 0.3 is 0 Å². The Labute approximate surface area is 209 Å². The number of hydrogen-bond acceptors (Lipinski definition) is 3. The molecular weight excluding hydrogens is 430 g/mol. The summed E-state index contributed by atoms with van der Waals surface area (Å²) in [4.78, 5) is 0. The minimum absolute atomic E-state index is 0.189. The van der Waals surface area contributed by atoms with Crippen molar-refractivity contribution in [3.8, 4) is 0 Å². The van der Waals surface area contributed by atoms with Crippen LogP contribution in [0.3, 0.4) is 0 Å². The number of quaternary nitrogens is 1. The fraction of sp³-hybridized carbons (Fsp3) is 1.00. The first-order valence-corrected chi connectivity index (χ1v) is 16.2. The zero-order chi connectivity index (χ0) is 25.3. The molecule has 0 aliphatic rings. The van der Waals surface area contributed by atoms with E-state index in [4.69, 9.17) is 0 Å². The van der Waals surface area contributed by atoms with Gasteiger partial charge in [-0.3, -0.25) is 0 Å². The third kappa shape index (κ3) is 26.3. The second-order valence-corrected chi connectivity index (χ2v) is 11.4. The maximum Gasteiger partial charge on any atom is 0.0945 e. The predicted molar refractivity (Wildman–Crippen MR) is 146 cm³/mol. The Morgan fingerprint density at radius 3 is 0.879 bits per heavy atom. The highest BCUT2D eigenvalue weighted by atomic mass is 32.2. The van der Waals surface area contributed by atoms with Crippen molar-refractivity contribution in [2.45, 2.75) is 150 Å². The third-order valence-electron chi connectivity index (χ3n) is 7.43. The number of nitrogens with zero attached hydrogens (tertiary/aromatic N) is 1. The first-order chi connectivity index (χ1) is 15.8. The van der Waals surface area contributed by atoms with Crippen LogP contribution in [-0.2, 0) is 10.1 Å². The number of rotatable bonds is 23. The molecule has 0 rings (SSSR count). The molecule has 0 atom stereocenters. The van der Waals surface area contributed by atoms with E-state index in [0.29, 0.717) is 6.42 Å². The number of unbranched alkanes of at least 4 members (excludes halogenated alkanes) is 17. The highest BCUT2D eigenvalue weighted by molar-refractivity contribution is 7.85. The van der Waals surface area contributed by atoms with Gasteiger partial charge in [-0.1, -0.05) is 116 Å². The number of hydrogen-bond donors (Lipinski definition) is 0. The summed E-state index contributed by atoms with van der Waals surface area (Å²) in [5.74, 6) is -0.189. The minimum atomic E-state index is -4.00. The standard InChI is InChI=1S/C20H42O3S.C8H20N/c1-2-3-4-5-6-7-8-9-10-11-12-13-14-15-16-17-18-19-20-24(21,22)23;1-5-9(6-2,7-3)8-4/h2-20H2,1H3,(H,21,22,23);5-8H2,1-4H3/q;+1/p-1. The minimum Gasteiger partial charge on any atom is -0.748 e. The predicted octanol–water partition coefficient (Wildman–Crippen LogP) is 8.46. The van der Waals surface area contributed by atoms with Gasteiger partial charge in [0.15, 0.2) is 0 Å². The normalized spacial score (nSPS) is 11.9. The molecule has 0 fully saturated rings. The van der Waals surface area contributed by atoms with Crippen LogP contribution < -0.4 is 0 Å². The van der Waals surface area contributed by atoms with Crippen molar-refractivity contribution >= 4 is 10.1 Å². The molecule has 0 spiro atoms. The Morgan fingerprint density at radius 2 is 0.697 bits per heavy atom. The van der Waals surface area contributed by atoms with Gasteiger partial charge in [-0.15, -0.1) is 0 Å². The van der Waals surface area contributed by atoms with E-state index in [-0.39, 0.29) is 5.75 Å². The summed E-state index contributed by atoms with van der Waals surface area (Å²) in [6, 6.07) is 0. The van der Waals surface area contributed by atoms with Crippen LogP contribution in [0.4, 0.5) is 0 Å². The first kappa shape index (κ1) is 35.0. The van der Waals surface area contributed by atoms with Crippen LogP contribution >= 0.6 is 0 Å². The molecule has 202 valence electrons. The lowest BCUT2D eigenvalue weighted by Crippen LogP contribution is -2.47. The van der Waals surface area contributed by atoms with Crippen LogP contribution in [0.15, 0.2) is 0 Å². The van der Waals surface area contributed by atoms with E-state index in [0.717, 1.165) is 12.8 Å². The van der Waals surface area contributed by atoms with Gasteiger partial charge in [0, 0.05) is 5.75 Å². The molecule has 0 unspecified atom stereocenters. The molecule has 0 saturated heterocycles. The van der Waals surface area contributed by atoms with E-state index in [1.807, 2.05) is 0 Å². The lowest BCUT2D eigenvalue weighted by atomic mass is 10.0. The van der Waals surface area contributed by atoms with E-state index >= 15 is 0 Å². The first-order valence-electron chi connectivity index (χ1n) is 14.6. The van der Waals surface area contributed by atoms with E-state index in [1.165, 1.54) is 127 Å². The van der Waals surface area contributed by atoms with Gasteiger partial charge in [0.1, 0.15) is 0 Å². The van der Waals surface area contributed by atoms with Gasteiger partial charge in [0.2, 0.25) is 0 Å². The topological polar surface area (TPSA) is 57.2 Å². The van der Waals surface area contributed by atoms with Crippen molar-refractivity contribution in [1.82, 2.24) is 0 Å². The van der Waals surface area contributed by atoms with Gasteiger partial charge in [0.25, 0.3) is 0 Å². The average Bonchev–Trinajstić information content (AvgIpc) is 2.80. The summed E-state index contributed by atoms with van der Waals surface area (Å²) in [6.45, 7) is 16.5. The molecule has 0 heterocycles. The summed E-state index contributed by atoms with van der Waals surface area (Å²) in [5.41, 5.74) is 0. The molecule has 0 N–H and O–H groups in total. The van der Waals surface area contributed by atoms with E-state index in [1.54, 1.807) is 0 Å². The van der Waals surface area contributed by atoms with Crippen molar-refractivity contribution in [1.29, 1.82) is 0 Å². The Bertz CT molecular complexity index is 458. The highest BCUT2D eigenvalue weighted by Crippen LogP contribution is 2.14. The Balaban J connectivity index is 0. The van der Waals surface area contributed by atoms with Gasteiger partial charge in [-0.25, -0.2) is 8.42 Å². The molecule has 0 saturated carbocycles. The smallest absolute Gasteiger partial charge is 0.0945 e. The van der Waals surface area contributed by atoms with Crippen molar-refractivity contribution in [3.63, 3.8) is 0 Å². The fourth-order valence-electron chi connectivity index (χ4n) is 4.52. The second-order valence-electron chi connectivity index (χ2n) is 9.88. The Kier molecular flexibility index (Phi) is 26.5. The van der Waals surface area contributed by atoms with Crippen molar-refractivity contribution in [3.05, 3.63) is 0 Å². The summed E-state index contributed by atoms with van der Waals surface area (Å²) >= 11 is 0. The Morgan fingerprint density at radius 1 is 0.455 bits per heavy atom. The summed E-state index contributed by atoms with van der Waals surface area (Å²) in [7, 11) is -4.00.